The fourth-order valence-corrected chi connectivity index (χ4v) is 0. The van der Waals surface area contributed by atoms with Crippen LogP contribution in [0.1, 0.15) is 27.2 Å². The van der Waals surface area contributed by atoms with Gasteiger partial charge in [-0.2, -0.15) is 0 Å². The van der Waals surface area contributed by atoms with E-state index in [1.807, 2.05) is 0 Å². The minimum absolute atomic E-state index is 0.250. The Balaban J connectivity index is 0. The fraction of sp³-hybridized carbons (Fsp3) is 0.833. The van der Waals surface area contributed by atoms with E-state index >= 15 is 0 Å². The van der Waals surface area contributed by atoms with Crippen LogP contribution in [0.5, 0.6) is 0 Å². The Hall–Kier alpha value is -0.530. The number of hydrogen-bond donors (Lipinski definition) is 1. The van der Waals surface area contributed by atoms with Crippen molar-refractivity contribution >= 4 is 6.47 Å². The average Bonchev–Trinajstić information content (AvgIpc) is 1.69. The molecule has 0 bridgehead atoms. The molecule has 0 aliphatic carbocycles. The second-order valence-electron chi connectivity index (χ2n) is 1.91. The van der Waals surface area contributed by atoms with Crippen LogP contribution >= 0.6 is 0 Å². The summed E-state index contributed by atoms with van der Waals surface area (Å²) in [6, 6.07) is 0. The van der Waals surface area contributed by atoms with Gasteiger partial charge in [0.25, 0.3) is 6.47 Å². The van der Waals surface area contributed by atoms with Gasteiger partial charge in [-0.05, 0) is 5.92 Å². The van der Waals surface area contributed by atoms with Crippen molar-refractivity contribution < 1.29 is 9.90 Å². The van der Waals surface area contributed by atoms with Gasteiger partial charge < -0.3 is 5.11 Å². The Bertz CT molecular complexity index is 41.8. The molecule has 50 valence electrons. The summed E-state index contributed by atoms with van der Waals surface area (Å²) >= 11 is 0. The zero-order valence-corrected chi connectivity index (χ0v) is 5.72. The average molecular weight is 118 g/mol. The molecule has 0 spiro atoms. The smallest absolute Gasteiger partial charge is 0.290 e. The highest BCUT2D eigenvalue weighted by Crippen LogP contribution is 1.93. The van der Waals surface area contributed by atoms with E-state index in [2.05, 4.69) is 20.8 Å². The predicted molar refractivity (Wildman–Crippen MR) is 33.8 cm³/mol. The zero-order chi connectivity index (χ0) is 6.99. The van der Waals surface area contributed by atoms with Crippen molar-refractivity contribution in [3.63, 3.8) is 0 Å². The summed E-state index contributed by atoms with van der Waals surface area (Å²) in [6.45, 7) is 6.39. The molecule has 0 aromatic carbocycles. The highest BCUT2D eigenvalue weighted by molar-refractivity contribution is 5.32. The molecule has 0 aromatic rings. The first kappa shape index (κ1) is 10.5. The molecule has 1 N–H and O–H groups in total. The van der Waals surface area contributed by atoms with E-state index in [9.17, 15) is 0 Å². The topological polar surface area (TPSA) is 37.3 Å². The Morgan fingerprint density at radius 2 is 1.75 bits per heavy atom. The second kappa shape index (κ2) is 9.69. The Morgan fingerprint density at radius 1 is 1.62 bits per heavy atom. The van der Waals surface area contributed by atoms with Crippen molar-refractivity contribution in [3.8, 4) is 0 Å². The van der Waals surface area contributed by atoms with Gasteiger partial charge in [-0.25, -0.2) is 0 Å². The number of hydrogen-bond acceptors (Lipinski definition) is 1. The van der Waals surface area contributed by atoms with Gasteiger partial charge in [-0.15, -0.1) is 0 Å². The van der Waals surface area contributed by atoms with Crippen molar-refractivity contribution in [2.24, 2.45) is 5.92 Å². The molecule has 0 rings (SSSR count). The molecule has 0 aliphatic heterocycles. The van der Waals surface area contributed by atoms with Crippen LogP contribution in [0.4, 0.5) is 0 Å². The summed E-state index contributed by atoms with van der Waals surface area (Å²) in [4.78, 5) is 8.36. The van der Waals surface area contributed by atoms with Gasteiger partial charge in [-0.1, -0.05) is 27.2 Å². The van der Waals surface area contributed by atoms with Crippen LogP contribution in [0.15, 0.2) is 0 Å². The zero-order valence-electron chi connectivity index (χ0n) is 5.72. The quantitative estimate of drug-likeness (QED) is 0.532. The van der Waals surface area contributed by atoms with Crippen LogP contribution in [0.25, 0.3) is 0 Å². The molecule has 0 heterocycles. The Labute approximate surface area is 50.5 Å². The van der Waals surface area contributed by atoms with Gasteiger partial charge in [0.05, 0.1) is 0 Å². The van der Waals surface area contributed by atoms with E-state index in [1.54, 1.807) is 0 Å². The molecular weight excluding hydrogens is 104 g/mol. The number of rotatable bonds is 1. The largest absolute Gasteiger partial charge is 0.483 e. The van der Waals surface area contributed by atoms with E-state index in [4.69, 9.17) is 9.90 Å². The molecule has 0 unspecified atom stereocenters. The third-order valence-corrected chi connectivity index (χ3v) is 0.816. The highest BCUT2D eigenvalue weighted by Gasteiger charge is 1.80. The van der Waals surface area contributed by atoms with Crippen LogP contribution in [-0.4, -0.2) is 11.6 Å². The first-order valence-corrected chi connectivity index (χ1v) is 2.76. The van der Waals surface area contributed by atoms with Gasteiger partial charge in [0, 0.05) is 0 Å². The lowest BCUT2D eigenvalue weighted by atomic mass is 10.2. The van der Waals surface area contributed by atoms with Crippen LogP contribution in [0.2, 0.25) is 0 Å². The molecule has 0 aliphatic rings. The van der Waals surface area contributed by atoms with Crippen molar-refractivity contribution in [1.29, 1.82) is 0 Å². The van der Waals surface area contributed by atoms with Crippen LogP contribution < -0.4 is 0 Å². The molecule has 0 fully saturated rings. The van der Waals surface area contributed by atoms with Crippen LogP contribution in [-0.2, 0) is 4.79 Å². The molecular formula is C6H14O2. The maximum atomic E-state index is 8.36. The summed E-state index contributed by atoms with van der Waals surface area (Å²) in [5, 5.41) is 6.89. The van der Waals surface area contributed by atoms with Gasteiger partial charge in [0.2, 0.25) is 0 Å². The molecule has 0 amide bonds. The Morgan fingerprint density at radius 3 is 1.75 bits per heavy atom. The van der Waals surface area contributed by atoms with Crippen molar-refractivity contribution in [2.75, 3.05) is 0 Å². The van der Waals surface area contributed by atoms with E-state index in [0.29, 0.717) is 0 Å². The maximum Gasteiger partial charge on any atom is 0.290 e. The standard InChI is InChI=1S/C5H12.CH2O2/c1-4-5(2)3;2-1-3/h5H,4H2,1-3H3;1H,(H,2,3). The summed E-state index contributed by atoms with van der Waals surface area (Å²) < 4.78 is 0. The van der Waals surface area contributed by atoms with E-state index < -0.39 is 0 Å². The third kappa shape index (κ3) is 50.6. The molecule has 2 heteroatoms. The lowest BCUT2D eigenvalue weighted by molar-refractivity contribution is -0.122. The summed E-state index contributed by atoms with van der Waals surface area (Å²) in [6.07, 6.45) is 1.31. The lowest BCUT2D eigenvalue weighted by Gasteiger charge is -1.90. The van der Waals surface area contributed by atoms with Gasteiger partial charge in [-0.3, -0.25) is 4.79 Å². The van der Waals surface area contributed by atoms with E-state index in [-0.39, 0.29) is 6.47 Å². The number of carbonyl (C=O) groups is 1. The predicted octanol–water partition coefficient (Wildman–Crippen LogP) is 1.75. The first-order valence-electron chi connectivity index (χ1n) is 2.76. The maximum absolute atomic E-state index is 8.36. The van der Waals surface area contributed by atoms with Gasteiger partial charge >= 0.3 is 0 Å². The van der Waals surface area contributed by atoms with Gasteiger partial charge in [0.1, 0.15) is 0 Å². The molecule has 0 radical (unpaired) electrons. The minimum atomic E-state index is -0.250. The molecule has 0 saturated heterocycles. The van der Waals surface area contributed by atoms with Crippen molar-refractivity contribution in [3.05, 3.63) is 0 Å². The summed E-state index contributed by atoms with van der Waals surface area (Å²) in [5.41, 5.74) is 0. The van der Waals surface area contributed by atoms with Gasteiger partial charge in [0.15, 0.2) is 0 Å². The minimum Gasteiger partial charge on any atom is -0.483 e. The molecule has 2 nitrogen and oxygen atoms in total. The molecule has 0 aromatic heterocycles. The van der Waals surface area contributed by atoms with Crippen molar-refractivity contribution in [2.45, 2.75) is 27.2 Å². The number of carboxylic acid groups (broad SMARTS) is 1. The second-order valence-corrected chi connectivity index (χ2v) is 1.91. The first-order chi connectivity index (χ1) is 3.68. The Kier molecular flexibility index (Phi) is 12.7. The SMILES string of the molecule is CCC(C)C.O=CO. The highest BCUT2D eigenvalue weighted by atomic mass is 16.3. The molecule has 0 saturated carbocycles. The van der Waals surface area contributed by atoms with E-state index in [0.717, 1.165) is 5.92 Å². The third-order valence-electron chi connectivity index (χ3n) is 0.816. The molecule has 8 heavy (non-hydrogen) atoms. The van der Waals surface area contributed by atoms with E-state index in [1.165, 1.54) is 6.42 Å². The van der Waals surface area contributed by atoms with Crippen LogP contribution in [0, 0.1) is 5.92 Å². The lowest BCUT2D eigenvalue weighted by Crippen LogP contribution is -1.77. The monoisotopic (exact) mass is 118 g/mol. The van der Waals surface area contributed by atoms with Crippen molar-refractivity contribution in [1.82, 2.24) is 0 Å². The summed E-state index contributed by atoms with van der Waals surface area (Å²) in [7, 11) is 0. The fourth-order valence-electron chi connectivity index (χ4n) is 0. The normalized spacial score (nSPS) is 7.50. The molecule has 0 atom stereocenters. The van der Waals surface area contributed by atoms with Crippen LogP contribution in [0.3, 0.4) is 0 Å². The summed E-state index contributed by atoms with van der Waals surface area (Å²) in [5.74, 6) is 0.884.